The summed E-state index contributed by atoms with van der Waals surface area (Å²) in [6.45, 7) is 7.30. The zero-order valence-electron chi connectivity index (χ0n) is 17.4. The molecule has 0 bridgehead atoms. The monoisotopic (exact) mass is 421 g/mol. The van der Waals surface area contributed by atoms with Gasteiger partial charge in [-0.1, -0.05) is 36.9 Å². The second-order valence-corrected chi connectivity index (χ2v) is 8.00. The molecular formula is C23H27N5OS. The van der Waals surface area contributed by atoms with Crippen molar-refractivity contribution in [1.82, 2.24) is 14.5 Å². The zero-order chi connectivity index (χ0) is 20.9. The van der Waals surface area contributed by atoms with Gasteiger partial charge in [0.25, 0.3) is 5.91 Å². The summed E-state index contributed by atoms with van der Waals surface area (Å²) >= 11 is 1.58. The lowest BCUT2D eigenvalue weighted by Crippen LogP contribution is -2.46. The Morgan fingerprint density at radius 1 is 1.10 bits per heavy atom. The first-order valence-corrected chi connectivity index (χ1v) is 11.5. The van der Waals surface area contributed by atoms with Gasteiger partial charge < -0.3 is 15.1 Å². The second-order valence-electron chi connectivity index (χ2n) is 7.23. The molecule has 1 N–H and O–H groups in total. The van der Waals surface area contributed by atoms with Crippen molar-refractivity contribution in [3.05, 3.63) is 66.5 Å². The summed E-state index contributed by atoms with van der Waals surface area (Å²) in [5.41, 5.74) is 3.48. The summed E-state index contributed by atoms with van der Waals surface area (Å²) in [5, 5.41) is 4.02. The number of carbonyl (C=O) groups excluding carboxylic acids is 1. The van der Waals surface area contributed by atoms with E-state index in [-0.39, 0.29) is 5.91 Å². The number of thioether (sulfide) groups is 1. The van der Waals surface area contributed by atoms with Crippen LogP contribution in [0.2, 0.25) is 0 Å². The summed E-state index contributed by atoms with van der Waals surface area (Å²) in [4.78, 5) is 22.2. The Bertz CT molecular complexity index is 1010. The third kappa shape index (κ3) is 4.37. The summed E-state index contributed by atoms with van der Waals surface area (Å²) < 4.78 is 1.99. The Morgan fingerprint density at radius 2 is 1.90 bits per heavy atom. The standard InChI is InChI=1S/C23H27N5OS/c1-3-26-13-15-27(16-14-26)21-10-5-4-9-20(21)25-22(29)18-7-6-8-19(17-18)28-12-11-24-23(28)30-2/h4-12,17H,3,13-16H2,1-2H3,(H,25,29). The SMILES string of the molecule is CCN1CCN(c2ccccc2NC(=O)c2cccc(-n3ccnc3SC)c2)CC1. The molecule has 30 heavy (non-hydrogen) atoms. The van der Waals surface area contributed by atoms with Gasteiger partial charge in [-0.05, 0) is 43.1 Å². The van der Waals surface area contributed by atoms with Gasteiger partial charge in [0.15, 0.2) is 5.16 Å². The smallest absolute Gasteiger partial charge is 0.255 e. The van der Waals surface area contributed by atoms with Crippen LogP contribution in [0.3, 0.4) is 0 Å². The molecule has 7 heteroatoms. The van der Waals surface area contributed by atoms with Crippen LogP contribution in [-0.2, 0) is 0 Å². The third-order valence-corrected chi connectivity index (χ3v) is 6.16. The summed E-state index contributed by atoms with van der Waals surface area (Å²) in [7, 11) is 0. The van der Waals surface area contributed by atoms with Crippen LogP contribution in [0.5, 0.6) is 0 Å². The molecule has 0 saturated carbocycles. The van der Waals surface area contributed by atoms with Gasteiger partial charge in [0.1, 0.15) is 0 Å². The van der Waals surface area contributed by atoms with E-state index < -0.39 is 0 Å². The van der Waals surface area contributed by atoms with Crippen molar-refractivity contribution in [2.24, 2.45) is 0 Å². The van der Waals surface area contributed by atoms with E-state index in [2.05, 4.69) is 33.1 Å². The van der Waals surface area contributed by atoms with E-state index in [9.17, 15) is 4.79 Å². The highest BCUT2D eigenvalue weighted by molar-refractivity contribution is 7.98. The first-order valence-electron chi connectivity index (χ1n) is 10.2. The van der Waals surface area contributed by atoms with Gasteiger partial charge in [0.2, 0.25) is 0 Å². The van der Waals surface area contributed by atoms with Crippen molar-refractivity contribution in [1.29, 1.82) is 0 Å². The van der Waals surface area contributed by atoms with Gasteiger partial charge in [-0.2, -0.15) is 0 Å². The number of nitrogens with one attached hydrogen (secondary N) is 1. The van der Waals surface area contributed by atoms with Gasteiger partial charge in [0.05, 0.1) is 11.4 Å². The minimum Gasteiger partial charge on any atom is -0.367 e. The maximum Gasteiger partial charge on any atom is 0.255 e. The number of carbonyl (C=O) groups is 1. The lowest BCUT2D eigenvalue weighted by molar-refractivity contribution is 0.102. The maximum atomic E-state index is 13.1. The molecule has 1 amide bonds. The van der Waals surface area contributed by atoms with Crippen LogP contribution in [0.25, 0.3) is 5.69 Å². The maximum absolute atomic E-state index is 13.1. The molecule has 1 fully saturated rings. The number of likely N-dealkylation sites (N-methyl/N-ethyl adjacent to an activating group) is 1. The number of nitrogens with zero attached hydrogens (tertiary/aromatic N) is 4. The Hall–Kier alpha value is -2.77. The molecule has 0 unspecified atom stereocenters. The van der Waals surface area contributed by atoms with Gasteiger partial charge in [-0.3, -0.25) is 9.36 Å². The molecule has 0 spiro atoms. The van der Waals surface area contributed by atoms with Crippen molar-refractivity contribution in [3.8, 4) is 5.69 Å². The Kier molecular flexibility index (Phi) is 6.40. The topological polar surface area (TPSA) is 53.4 Å². The number of amides is 1. The van der Waals surface area contributed by atoms with Gasteiger partial charge >= 0.3 is 0 Å². The molecule has 1 aliphatic heterocycles. The summed E-state index contributed by atoms with van der Waals surface area (Å²) in [6.07, 6.45) is 5.67. The number of rotatable bonds is 6. The largest absolute Gasteiger partial charge is 0.367 e. The molecule has 1 aliphatic rings. The Morgan fingerprint density at radius 3 is 2.67 bits per heavy atom. The minimum absolute atomic E-state index is 0.109. The molecule has 2 heterocycles. The highest BCUT2D eigenvalue weighted by Crippen LogP contribution is 2.27. The van der Waals surface area contributed by atoms with Crippen molar-refractivity contribution in [3.63, 3.8) is 0 Å². The number of hydrogen-bond donors (Lipinski definition) is 1. The highest BCUT2D eigenvalue weighted by Gasteiger charge is 2.19. The Balaban J connectivity index is 1.53. The van der Waals surface area contributed by atoms with Gasteiger partial charge in [-0.15, -0.1) is 0 Å². The summed E-state index contributed by atoms with van der Waals surface area (Å²) in [5.74, 6) is -0.109. The predicted molar refractivity (Wildman–Crippen MR) is 124 cm³/mol. The number of aromatic nitrogens is 2. The average molecular weight is 422 g/mol. The van der Waals surface area contributed by atoms with E-state index in [1.54, 1.807) is 18.0 Å². The van der Waals surface area contributed by atoms with E-state index in [4.69, 9.17) is 0 Å². The lowest BCUT2D eigenvalue weighted by atomic mass is 10.1. The van der Waals surface area contributed by atoms with Crippen LogP contribution in [0.1, 0.15) is 17.3 Å². The molecular weight excluding hydrogens is 394 g/mol. The fourth-order valence-electron chi connectivity index (χ4n) is 3.79. The second kappa shape index (κ2) is 9.36. The number of piperazine rings is 1. The van der Waals surface area contributed by atoms with Crippen LogP contribution in [0, 0.1) is 0 Å². The normalized spacial score (nSPS) is 14.7. The van der Waals surface area contributed by atoms with Crippen LogP contribution >= 0.6 is 11.8 Å². The van der Waals surface area contributed by atoms with Gasteiger partial charge in [0, 0.05) is 49.8 Å². The molecule has 4 rings (SSSR count). The van der Waals surface area contributed by atoms with Crippen LogP contribution < -0.4 is 10.2 Å². The molecule has 6 nitrogen and oxygen atoms in total. The van der Waals surface area contributed by atoms with E-state index in [1.165, 1.54) is 0 Å². The highest BCUT2D eigenvalue weighted by atomic mass is 32.2. The summed E-state index contributed by atoms with van der Waals surface area (Å²) in [6, 6.07) is 15.7. The molecule has 3 aromatic rings. The van der Waals surface area contributed by atoms with Gasteiger partial charge in [-0.25, -0.2) is 4.98 Å². The molecule has 156 valence electrons. The van der Waals surface area contributed by atoms with E-state index in [1.807, 2.05) is 59.5 Å². The first-order chi connectivity index (χ1) is 14.7. The quantitative estimate of drug-likeness (QED) is 0.610. The number of anilines is 2. The molecule has 2 aromatic carbocycles. The molecule has 0 atom stereocenters. The molecule has 1 saturated heterocycles. The van der Waals surface area contributed by atoms with E-state index in [0.29, 0.717) is 5.56 Å². The molecule has 1 aromatic heterocycles. The predicted octanol–water partition coefficient (Wildman–Crippen LogP) is 3.99. The molecule has 0 radical (unpaired) electrons. The lowest BCUT2D eigenvalue weighted by Gasteiger charge is -2.36. The number of para-hydroxylation sites is 2. The van der Waals surface area contributed by atoms with Crippen LogP contribution in [0.15, 0.2) is 66.1 Å². The van der Waals surface area contributed by atoms with E-state index in [0.717, 1.165) is 54.9 Å². The zero-order valence-corrected chi connectivity index (χ0v) is 18.2. The Labute approximate surface area is 181 Å². The minimum atomic E-state index is -0.109. The number of hydrogen-bond acceptors (Lipinski definition) is 5. The average Bonchev–Trinajstić information content (AvgIpc) is 3.29. The molecule has 0 aliphatic carbocycles. The van der Waals surface area contributed by atoms with E-state index >= 15 is 0 Å². The fourth-order valence-corrected chi connectivity index (χ4v) is 4.32. The third-order valence-electron chi connectivity index (χ3n) is 5.49. The number of imidazole rings is 1. The first kappa shape index (κ1) is 20.5. The van der Waals surface area contributed by atoms with Crippen molar-refractivity contribution < 1.29 is 4.79 Å². The van der Waals surface area contributed by atoms with Crippen molar-refractivity contribution in [2.45, 2.75) is 12.1 Å². The fraction of sp³-hybridized carbons (Fsp3) is 0.304. The van der Waals surface area contributed by atoms with Crippen LogP contribution in [0.4, 0.5) is 11.4 Å². The number of benzene rings is 2. The van der Waals surface area contributed by atoms with Crippen LogP contribution in [-0.4, -0.2) is 59.3 Å². The van der Waals surface area contributed by atoms with Crippen molar-refractivity contribution in [2.75, 3.05) is 49.2 Å². The van der Waals surface area contributed by atoms with Crippen molar-refractivity contribution >= 4 is 29.0 Å².